The van der Waals surface area contributed by atoms with Gasteiger partial charge in [0.25, 0.3) is 5.91 Å². The molecule has 3 aliphatic carbocycles. The Hall–Kier alpha value is -1.86. The number of rotatable bonds is 8. The SMILES string of the molecule is O=C(COc1ccc(Cl)c(F)c1)NC12CC(C1)[C@@H](C(=O)NCCC1CCNCC1)C2. The molecule has 0 spiro atoms. The number of halogens is 2. The van der Waals surface area contributed by atoms with Crippen LogP contribution >= 0.6 is 11.6 Å². The third-order valence-electron chi connectivity index (χ3n) is 6.80. The molecular weight excluding hydrogens is 409 g/mol. The Bertz CT molecular complexity index is 794. The minimum absolute atomic E-state index is 0.0113. The molecule has 1 heterocycles. The molecule has 0 aromatic heterocycles. The van der Waals surface area contributed by atoms with E-state index in [1.54, 1.807) is 0 Å². The molecule has 3 saturated carbocycles. The fourth-order valence-electron chi connectivity index (χ4n) is 5.19. The molecule has 1 aromatic carbocycles. The summed E-state index contributed by atoms with van der Waals surface area (Å²) in [5.41, 5.74) is -0.298. The van der Waals surface area contributed by atoms with Crippen LogP contribution in [0.25, 0.3) is 0 Å². The first kappa shape index (κ1) is 21.4. The van der Waals surface area contributed by atoms with E-state index in [0.717, 1.165) is 45.0 Å². The number of piperidine rings is 1. The van der Waals surface area contributed by atoms with Crippen LogP contribution in [0.4, 0.5) is 4.39 Å². The van der Waals surface area contributed by atoms with Gasteiger partial charge in [0.2, 0.25) is 5.91 Å². The van der Waals surface area contributed by atoms with Crippen molar-refractivity contribution >= 4 is 23.4 Å². The molecule has 1 saturated heterocycles. The summed E-state index contributed by atoms with van der Waals surface area (Å²) in [6, 6.07) is 4.08. The highest BCUT2D eigenvalue weighted by Crippen LogP contribution is 2.55. The smallest absolute Gasteiger partial charge is 0.258 e. The summed E-state index contributed by atoms with van der Waals surface area (Å²) in [4.78, 5) is 24.9. The van der Waals surface area contributed by atoms with Crippen molar-refractivity contribution in [3.05, 3.63) is 29.0 Å². The topological polar surface area (TPSA) is 79.5 Å². The average molecular weight is 438 g/mol. The van der Waals surface area contributed by atoms with Gasteiger partial charge in [0.15, 0.2) is 6.61 Å². The maximum Gasteiger partial charge on any atom is 0.258 e. The number of hydrogen-bond donors (Lipinski definition) is 3. The van der Waals surface area contributed by atoms with Gasteiger partial charge in [-0.05, 0) is 75.6 Å². The number of hydrogen-bond acceptors (Lipinski definition) is 4. The highest BCUT2D eigenvalue weighted by molar-refractivity contribution is 6.30. The van der Waals surface area contributed by atoms with Crippen LogP contribution in [-0.2, 0) is 9.59 Å². The third-order valence-corrected chi connectivity index (χ3v) is 7.10. The molecule has 164 valence electrons. The number of amides is 2. The Morgan fingerprint density at radius 3 is 2.73 bits per heavy atom. The summed E-state index contributed by atoms with van der Waals surface area (Å²) >= 11 is 5.65. The van der Waals surface area contributed by atoms with Crippen molar-refractivity contribution in [1.29, 1.82) is 0 Å². The van der Waals surface area contributed by atoms with Gasteiger partial charge >= 0.3 is 0 Å². The molecule has 1 aliphatic heterocycles. The Kier molecular flexibility index (Phi) is 6.48. The van der Waals surface area contributed by atoms with Gasteiger partial charge in [-0.3, -0.25) is 9.59 Å². The third kappa shape index (κ3) is 4.89. The van der Waals surface area contributed by atoms with Crippen molar-refractivity contribution in [3.63, 3.8) is 0 Å². The molecule has 4 aliphatic rings. The molecule has 0 radical (unpaired) electrons. The van der Waals surface area contributed by atoms with E-state index in [9.17, 15) is 14.0 Å². The molecular formula is C22H29ClFN3O3. The summed E-state index contributed by atoms with van der Waals surface area (Å²) in [6.07, 6.45) is 5.75. The normalized spacial score (nSPS) is 27.9. The fraction of sp³-hybridized carbons (Fsp3) is 0.636. The van der Waals surface area contributed by atoms with Crippen molar-refractivity contribution in [3.8, 4) is 5.75 Å². The van der Waals surface area contributed by atoms with Crippen LogP contribution in [-0.4, -0.2) is 43.6 Å². The largest absolute Gasteiger partial charge is 0.484 e. The summed E-state index contributed by atoms with van der Waals surface area (Å²) in [6.45, 7) is 2.68. The van der Waals surface area contributed by atoms with Crippen LogP contribution in [0.5, 0.6) is 5.75 Å². The lowest BCUT2D eigenvalue weighted by Crippen LogP contribution is -2.53. The van der Waals surface area contributed by atoms with E-state index in [0.29, 0.717) is 18.3 Å². The summed E-state index contributed by atoms with van der Waals surface area (Å²) < 4.78 is 18.8. The molecule has 5 rings (SSSR count). The lowest BCUT2D eigenvalue weighted by Gasteiger charge is -2.39. The van der Waals surface area contributed by atoms with Crippen LogP contribution in [0.1, 0.15) is 38.5 Å². The molecule has 30 heavy (non-hydrogen) atoms. The number of carbonyl (C=O) groups excluding carboxylic acids is 2. The molecule has 1 aromatic rings. The molecule has 6 nitrogen and oxygen atoms in total. The van der Waals surface area contributed by atoms with Gasteiger partial charge < -0.3 is 20.7 Å². The lowest BCUT2D eigenvalue weighted by molar-refractivity contribution is -0.126. The first-order chi connectivity index (χ1) is 14.4. The van der Waals surface area contributed by atoms with Gasteiger partial charge in [-0.1, -0.05) is 11.6 Å². The first-order valence-electron chi connectivity index (χ1n) is 10.8. The van der Waals surface area contributed by atoms with E-state index in [2.05, 4.69) is 16.0 Å². The quantitative estimate of drug-likeness (QED) is 0.584. The minimum atomic E-state index is -0.584. The second-order valence-corrected chi connectivity index (χ2v) is 9.35. The second kappa shape index (κ2) is 9.10. The van der Waals surface area contributed by atoms with Gasteiger partial charge in [-0.2, -0.15) is 0 Å². The van der Waals surface area contributed by atoms with Crippen molar-refractivity contribution < 1.29 is 18.7 Å². The van der Waals surface area contributed by atoms with Crippen LogP contribution in [0, 0.1) is 23.6 Å². The van der Waals surface area contributed by atoms with Crippen molar-refractivity contribution in [1.82, 2.24) is 16.0 Å². The Morgan fingerprint density at radius 1 is 1.23 bits per heavy atom. The molecule has 8 heteroatoms. The number of carbonyl (C=O) groups is 2. The standard InChI is InChI=1S/C22H29ClFN3O3/c23-18-2-1-16(9-19(18)24)30-13-20(28)27-22-10-15(11-22)17(12-22)21(29)26-8-5-14-3-6-25-7-4-14/h1-2,9,14-15,17,25H,3-8,10-13H2,(H,26,29)(H,27,28)/t15?,17-,22?/m0/s1. The highest BCUT2D eigenvalue weighted by atomic mass is 35.5. The number of nitrogens with one attached hydrogen (secondary N) is 3. The van der Waals surface area contributed by atoms with Gasteiger partial charge in [-0.15, -0.1) is 0 Å². The number of fused-ring (bicyclic) bond motifs is 1. The minimum Gasteiger partial charge on any atom is -0.484 e. The lowest BCUT2D eigenvalue weighted by atomic mass is 9.76. The van der Waals surface area contributed by atoms with E-state index >= 15 is 0 Å². The maximum absolute atomic E-state index is 13.5. The monoisotopic (exact) mass is 437 g/mol. The highest BCUT2D eigenvalue weighted by Gasteiger charge is 2.58. The predicted molar refractivity (Wildman–Crippen MR) is 112 cm³/mol. The van der Waals surface area contributed by atoms with Gasteiger partial charge in [0, 0.05) is 24.1 Å². The summed E-state index contributed by atoms with van der Waals surface area (Å²) in [5, 5.41) is 9.52. The average Bonchev–Trinajstić information content (AvgIpc) is 3.25. The van der Waals surface area contributed by atoms with Crippen LogP contribution in [0.3, 0.4) is 0 Å². The van der Waals surface area contributed by atoms with Crippen LogP contribution < -0.4 is 20.7 Å². The van der Waals surface area contributed by atoms with Crippen LogP contribution in [0.15, 0.2) is 18.2 Å². The van der Waals surface area contributed by atoms with Crippen molar-refractivity contribution in [2.75, 3.05) is 26.2 Å². The molecule has 1 atom stereocenters. The molecule has 0 unspecified atom stereocenters. The second-order valence-electron chi connectivity index (χ2n) is 8.95. The predicted octanol–water partition coefficient (Wildman–Crippen LogP) is 2.65. The van der Waals surface area contributed by atoms with E-state index in [-0.39, 0.29) is 40.7 Å². The first-order valence-corrected chi connectivity index (χ1v) is 11.2. The summed E-state index contributed by atoms with van der Waals surface area (Å²) in [5.74, 6) is 0.558. The van der Waals surface area contributed by atoms with Gasteiger partial charge in [0.05, 0.1) is 5.02 Å². The Labute approximate surface area is 181 Å². The fourth-order valence-corrected chi connectivity index (χ4v) is 5.31. The van der Waals surface area contributed by atoms with E-state index < -0.39 is 5.82 Å². The Morgan fingerprint density at radius 2 is 2.00 bits per heavy atom. The van der Waals surface area contributed by atoms with Crippen LogP contribution in [0.2, 0.25) is 5.02 Å². The molecule has 4 fully saturated rings. The van der Waals surface area contributed by atoms with Gasteiger partial charge in [-0.25, -0.2) is 4.39 Å². The Balaban J connectivity index is 1.18. The van der Waals surface area contributed by atoms with Crippen molar-refractivity contribution in [2.24, 2.45) is 17.8 Å². The molecule has 3 N–H and O–H groups in total. The summed E-state index contributed by atoms with van der Waals surface area (Å²) in [7, 11) is 0. The molecule has 2 amide bonds. The van der Waals surface area contributed by atoms with E-state index in [4.69, 9.17) is 16.3 Å². The van der Waals surface area contributed by atoms with Crippen molar-refractivity contribution in [2.45, 2.75) is 44.1 Å². The van der Waals surface area contributed by atoms with E-state index in [1.165, 1.54) is 25.0 Å². The van der Waals surface area contributed by atoms with E-state index in [1.807, 2.05) is 0 Å². The molecule has 2 bridgehead atoms. The van der Waals surface area contributed by atoms with Gasteiger partial charge in [0.1, 0.15) is 11.6 Å². The zero-order valence-electron chi connectivity index (χ0n) is 17.0. The zero-order chi connectivity index (χ0) is 21.1. The zero-order valence-corrected chi connectivity index (χ0v) is 17.8. The maximum atomic E-state index is 13.5. The number of ether oxygens (including phenoxy) is 1. The number of benzene rings is 1.